The molecule has 1 aliphatic rings. The highest BCUT2D eigenvalue weighted by Gasteiger charge is 2.26. The molecule has 0 unspecified atom stereocenters. The molecule has 3 heterocycles. The van der Waals surface area contributed by atoms with Crippen LogP contribution in [0.2, 0.25) is 5.02 Å². The van der Waals surface area contributed by atoms with E-state index in [2.05, 4.69) is 4.98 Å². The number of carbonyl (C=O) groups is 1. The van der Waals surface area contributed by atoms with Crippen LogP contribution in [-0.4, -0.2) is 33.9 Å². The van der Waals surface area contributed by atoms with Crippen LogP contribution in [0.1, 0.15) is 34.8 Å². The van der Waals surface area contributed by atoms with E-state index in [9.17, 15) is 9.59 Å². The lowest BCUT2D eigenvalue weighted by atomic mass is 9.93. The van der Waals surface area contributed by atoms with Crippen LogP contribution in [0.5, 0.6) is 0 Å². The third kappa shape index (κ3) is 3.99. The van der Waals surface area contributed by atoms with Gasteiger partial charge in [-0.25, -0.2) is 0 Å². The molecular weight excluding hydrogens is 374 g/mol. The molecule has 1 fully saturated rings. The lowest BCUT2D eigenvalue weighted by Gasteiger charge is -2.32. The first-order chi connectivity index (χ1) is 13.6. The molecule has 1 N–H and O–H groups in total. The molecule has 0 radical (unpaired) electrons. The Morgan fingerprint density at radius 3 is 2.79 bits per heavy atom. The maximum absolute atomic E-state index is 12.8. The van der Waals surface area contributed by atoms with Gasteiger partial charge in [0, 0.05) is 47.6 Å². The normalized spacial score (nSPS) is 16.8. The maximum atomic E-state index is 12.8. The smallest absolute Gasteiger partial charge is 0.255 e. The zero-order valence-corrected chi connectivity index (χ0v) is 16.0. The fraction of sp³-hybridized carbons (Fsp3) is 0.227. The minimum Gasteiger partial charge on any atom is -0.338 e. The van der Waals surface area contributed by atoms with Gasteiger partial charge < -0.3 is 9.88 Å². The summed E-state index contributed by atoms with van der Waals surface area (Å²) in [7, 11) is 0. The van der Waals surface area contributed by atoms with Crippen LogP contribution in [0.4, 0.5) is 0 Å². The number of pyridine rings is 2. The predicted octanol–water partition coefficient (Wildman–Crippen LogP) is 4.11. The highest BCUT2D eigenvalue weighted by Crippen LogP contribution is 2.29. The van der Waals surface area contributed by atoms with Crippen molar-refractivity contribution in [3.63, 3.8) is 0 Å². The number of nitrogens with one attached hydrogen (secondary N) is 1. The molecule has 6 heteroatoms. The highest BCUT2D eigenvalue weighted by molar-refractivity contribution is 6.30. The Balaban J connectivity index is 1.55. The Labute approximate surface area is 168 Å². The topological polar surface area (TPSA) is 66.1 Å². The minimum atomic E-state index is -0.213. The summed E-state index contributed by atoms with van der Waals surface area (Å²) in [5.41, 5.74) is 3.13. The molecule has 0 spiro atoms. The molecule has 1 aliphatic heterocycles. The summed E-state index contributed by atoms with van der Waals surface area (Å²) in [5, 5.41) is 0.681. The van der Waals surface area contributed by atoms with E-state index in [-0.39, 0.29) is 17.4 Å². The molecule has 1 amide bonds. The SMILES string of the molecule is O=C(c1ccc(=O)[nH]c1)N1CCC[C@@H](c2cccc(-c3cccc(Cl)c3)n2)C1. The number of amides is 1. The molecule has 28 heavy (non-hydrogen) atoms. The van der Waals surface area contributed by atoms with Crippen molar-refractivity contribution in [1.29, 1.82) is 0 Å². The predicted molar refractivity (Wildman–Crippen MR) is 110 cm³/mol. The summed E-state index contributed by atoms with van der Waals surface area (Å²) in [6, 6.07) is 16.6. The average molecular weight is 394 g/mol. The van der Waals surface area contributed by atoms with Crippen LogP contribution in [0, 0.1) is 0 Å². The van der Waals surface area contributed by atoms with Crippen LogP contribution in [-0.2, 0) is 0 Å². The molecule has 2 aromatic heterocycles. The van der Waals surface area contributed by atoms with Crippen LogP contribution >= 0.6 is 11.6 Å². The van der Waals surface area contributed by atoms with E-state index in [1.807, 2.05) is 47.4 Å². The zero-order valence-electron chi connectivity index (χ0n) is 15.3. The van der Waals surface area contributed by atoms with Crippen LogP contribution in [0.3, 0.4) is 0 Å². The monoisotopic (exact) mass is 393 g/mol. The second-order valence-corrected chi connectivity index (χ2v) is 7.43. The quantitative estimate of drug-likeness (QED) is 0.728. The summed E-state index contributed by atoms with van der Waals surface area (Å²) in [6.45, 7) is 1.33. The molecule has 1 atom stereocenters. The number of halogens is 1. The summed E-state index contributed by atoms with van der Waals surface area (Å²) >= 11 is 6.11. The number of benzene rings is 1. The van der Waals surface area contributed by atoms with Crippen LogP contribution < -0.4 is 5.56 Å². The standard InChI is InChI=1S/C22H20ClN3O2/c23-18-6-1-4-15(12-18)19-7-2-8-20(25-19)17-5-3-11-26(14-17)22(28)16-9-10-21(27)24-13-16/h1-2,4,6-10,12-13,17H,3,5,11,14H2,(H,24,27)/t17-/m1/s1. The average Bonchev–Trinajstić information content (AvgIpc) is 2.74. The van der Waals surface area contributed by atoms with E-state index >= 15 is 0 Å². The number of hydrogen-bond donors (Lipinski definition) is 1. The Kier molecular flexibility index (Phi) is 5.26. The van der Waals surface area contributed by atoms with Crippen molar-refractivity contribution in [3.8, 4) is 11.3 Å². The fourth-order valence-corrected chi connectivity index (χ4v) is 3.81. The van der Waals surface area contributed by atoms with Gasteiger partial charge in [0.05, 0.1) is 11.3 Å². The Morgan fingerprint density at radius 2 is 2.00 bits per heavy atom. The van der Waals surface area contributed by atoms with Gasteiger partial charge in [0.1, 0.15) is 0 Å². The summed E-state index contributed by atoms with van der Waals surface area (Å²) in [5.74, 6) is 0.117. The van der Waals surface area contributed by atoms with Gasteiger partial charge in [0.25, 0.3) is 5.91 Å². The van der Waals surface area contributed by atoms with Crippen LogP contribution in [0.15, 0.2) is 65.6 Å². The van der Waals surface area contributed by atoms with E-state index in [1.165, 1.54) is 12.3 Å². The van der Waals surface area contributed by atoms with E-state index in [1.54, 1.807) is 6.07 Å². The van der Waals surface area contributed by atoms with Crippen molar-refractivity contribution in [2.45, 2.75) is 18.8 Å². The number of hydrogen-bond acceptors (Lipinski definition) is 3. The van der Waals surface area contributed by atoms with Crippen molar-refractivity contribution in [3.05, 3.63) is 87.4 Å². The lowest BCUT2D eigenvalue weighted by Crippen LogP contribution is -2.39. The van der Waals surface area contributed by atoms with Crippen molar-refractivity contribution in [2.75, 3.05) is 13.1 Å². The Bertz CT molecular complexity index is 1040. The molecule has 1 aromatic carbocycles. The largest absolute Gasteiger partial charge is 0.338 e. The van der Waals surface area contributed by atoms with Crippen molar-refractivity contribution >= 4 is 17.5 Å². The molecule has 4 rings (SSSR count). The Morgan fingerprint density at radius 1 is 1.14 bits per heavy atom. The molecular formula is C22H20ClN3O2. The number of carbonyl (C=O) groups excluding carboxylic acids is 1. The Hall–Kier alpha value is -2.92. The number of likely N-dealkylation sites (tertiary alicyclic amines) is 1. The maximum Gasteiger partial charge on any atom is 0.255 e. The summed E-state index contributed by atoms with van der Waals surface area (Å²) in [4.78, 5) is 33.3. The van der Waals surface area contributed by atoms with Crippen LogP contribution in [0.25, 0.3) is 11.3 Å². The number of H-pyrrole nitrogens is 1. The van der Waals surface area contributed by atoms with Gasteiger partial charge in [-0.05, 0) is 43.2 Å². The summed E-state index contributed by atoms with van der Waals surface area (Å²) < 4.78 is 0. The molecule has 142 valence electrons. The van der Waals surface area contributed by atoms with E-state index in [0.29, 0.717) is 23.7 Å². The van der Waals surface area contributed by atoms with Gasteiger partial charge in [-0.15, -0.1) is 0 Å². The summed E-state index contributed by atoms with van der Waals surface area (Å²) in [6.07, 6.45) is 3.39. The highest BCUT2D eigenvalue weighted by atomic mass is 35.5. The number of aromatic amines is 1. The van der Waals surface area contributed by atoms with Crippen molar-refractivity contribution in [1.82, 2.24) is 14.9 Å². The second kappa shape index (κ2) is 7.98. The number of piperidine rings is 1. The van der Waals surface area contributed by atoms with Crippen molar-refractivity contribution < 1.29 is 4.79 Å². The first-order valence-electron chi connectivity index (χ1n) is 9.31. The van der Waals surface area contributed by atoms with Crippen molar-refractivity contribution in [2.24, 2.45) is 0 Å². The van der Waals surface area contributed by atoms with Gasteiger partial charge in [-0.2, -0.15) is 0 Å². The minimum absolute atomic E-state index is 0.0630. The first kappa shape index (κ1) is 18.4. The molecule has 0 aliphatic carbocycles. The van der Waals surface area contributed by atoms with Gasteiger partial charge in [0.15, 0.2) is 0 Å². The van der Waals surface area contributed by atoms with E-state index in [4.69, 9.17) is 16.6 Å². The second-order valence-electron chi connectivity index (χ2n) is 6.99. The van der Waals surface area contributed by atoms with E-state index < -0.39 is 0 Å². The van der Waals surface area contributed by atoms with Gasteiger partial charge in [0.2, 0.25) is 5.56 Å². The first-order valence-corrected chi connectivity index (χ1v) is 9.69. The molecule has 0 bridgehead atoms. The third-order valence-electron chi connectivity index (χ3n) is 5.05. The molecule has 1 saturated heterocycles. The van der Waals surface area contributed by atoms with Gasteiger partial charge in [-0.1, -0.05) is 29.8 Å². The zero-order chi connectivity index (χ0) is 19.5. The van der Waals surface area contributed by atoms with Gasteiger partial charge >= 0.3 is 0 Å². The third-order valence-corrected chi connectivity index (χ3v) is 5.28. The van der Waals surface area contributed by atoms with Gasteiger partial charge in [-0.3, -0.25) is 14.6 Å². The number of nitrogens with zero attached hydrogens (tertiary/aromatic N) is 2. The molecule has 3 aromatic rings. The lowest BCUT2D eigenvalue weighted by molar-refractivity contribution is 0.0705. The van der Waals surface area contributed by atoms with E-state index in [0.717, 1.165) is 29.8 Å². The molecule has 5 nitrogen and oxygen atoms in total. The molecule has 0 saturated carbocycles. The number of aromatic nitrogens is 2. The number of rotatable bonds is 3. The fourth-order valence-electron chi connectivity index (χ4n) is 3.62.